The molecule has 0 spiro atoms. The number of nitrogens with zero attached hydrogens (tertiary/aromatic N) is 2. The molecule has 0 aromatic heterocycles. The topological polar surface area (TPSA) is 32.5 Å². The molecule has 0 aliphatic rings. The molecule has 3 nitrogen and oxygen atoms in total. The molecule has 1 unspecified atom stereocenters. The summed E-state index contributed by atoms with van der Waals surface area (Å²) in [5.41, 5.74) is 8.35. The summed E-state index contributed by atoms with van der Waals surface area (Å²) in [6.07, 6.45) is 1.15. The summed E-state index contributed by atoms with van der Waals surface area (Å²) in [5, 5.41) is 0. The lowest BCUT2D eigenvalue weighted by Gasteiger charge is -2.27. The fraction of sp³-hybridized carbons (Fsp3) is 0.600. The highest BCUT2D eigenvalue weighted by atomic mass is 79.9. The van der Waals surface area contributed by atoms with Crippen molar-refractivity contribution in [2.75, 3.05) is 38.6 Å². The van der Waals surface area contributed by atoms with Crippen LogP contribution >= 0.6 is 15.9 Å². The van der Waals surface area contributed by atoms with Gasteiger partial charge in [-0.3, -0.25) is 0 Å². The molecule has 0 bridgehead atoms. The van der Waals surface area contributed by atoms with Gasteiger partial charge < -0.3 is 15.5 Å². The quantitative estimate of drug-likeness (QED) is 0.834. The third kappa shape index (κ3) is 5.13. The third-order valence-electron chi connectivity index (χ3n) is 3.15. The van der Waals surface area contributed by atoms with Crippen LogP contribution in [0.2, 0.25) is 0 Å². The maximum Gasteiger partial charge on any atom is 0.0511 e. The molecule has 0 fully saturated rings. The highest BCUT2D eigenvalue weighted by Gasteiger charge is 2.11. The molecule has 0 aliphatic carbocycles. The zero-order valence-electron chi connectivity index (χ0n) is 12.5. The Balaban J connectivity index is 2.89. The van der Waals surface area contributed by atoms with Crippen molar-refractivity contribution in [3.8, 4) is 0 Å². The Morgan fingerprint density at radius 1 is 1.21 bits per heavy atom. The van der Waals surface area contributed by atoms with Crippen LogP contribution in [-0.4, -0.2) is 38.6 Å². The molecule has 0 heterocycles. The van der Waals surface area contributed by atoms with Crippen LogP contribution in [0.1, 0.15) is 31.9 Å². The third-order valence-corrected chi connectivity index (χ3v) is 3.78. The van der Waals surface area contributed by atoms with Gasteiger partial charge in [-0.1, -0.05) is 13.0 Å². The van der Waals surface area contributed by atoms with Crippen LogP contribution in [0, 0.1) is 0 Å². The van der Waals surface area contributed by atoms with Gasteiger partial charge in [0.15, 0.2) is 0 Å². The Bertz CT molecular complexity index is 391. The zero-order valence-corrected chi connectivity index (χ0v) is 14.1. The smallest absolute Gasteiger partial charge is 0.0511 e. The molecule has 4 heteroatoms. The monoisotopic (exact) mass is 327 g/mol. The van der Waals surface area contributed by atoms with E-state index in [1.54, 1.807) is 0 Å². The maximum atomic E-state index is 5.92. The van der Waals surface area contributed by atoms with Crippen LogP contribution in [0.15, 0.2) is 22.7 Å². The van der Waals surface area contributed by atoms with Crippen molar-refractivity contribution in [1.82, 2.24) is 4.90 Å². The van der Waals surface area contributed by atoms with Gasteiger partial charge in [0, 0.05) is 30.1 Å². The average Bonchev–Trinajstić information content (AvgIpc) is 2.34. The minimum Gasteiger partial charge on any atom is -0.369 e. The fourth-order valence-corrected chi connectivity index (χ4v) is 2.65. The summed E-state index contributed by atoms with van der Waals surface area (Å²) in [4.78, 5) is 4.64. The number of benzene rings is 1. The van der Waals surface area contributed by atoms with Crippen molar-refractivity contribution in [1.29, 1.82) is 0 Å². The predicted octanol–water partition coefficient (Wildman–Crippen LogP) is 3.25. The zero-order chi connectivity index (χ0) is 14.4. The number of nitrogens with two attached hydrogens (primary N) is 1. The average molecular weight is 328 g/mol. The normalized spacial score (nSPS) is 12.8. The van der Waals surface area contributed by atoms with Gasteiger partial charge in [0.05, 0.1) is 5.69 Å². The van der Waals surface area contributed by atoms with Crippen molar-refractivity contribution in [3.05, 3.63) is 28.2 Å². The highest BCUT2D eigenvalue weighted by Crippen LogP contribution is 2.29. The number of anilines is 1. The van der Waals surface area contributed by atoms with Crippen LogP contribution in [0.4, 0.5) is 5.69 Å². The lowest BCUT2D eigenvalue weighted by atomic mass is 10.1. The fourth-order valence-electron chi connectivity index (χ4n) is 2.01. The Hall–Kier alpha value is -0.580. The van der Waals surface area contributed by atoms with Crippen molar-refractivity contribution in [2.24, 2.45) is 5.73 Å². The summed E-state index contributed by atoms with van der Waals surface area (Å²) in [6, 6.07) is 6.52. The molecule has 0 amide bonds. The van der Waals surface area contributed by atoms with Crippen LogP contribution in [0.3, 0.4) is 0 Å². The van der Waals surface area contributed by atoms with E-state index in [0.29, 0.717) is 0 Å². The highest BCUT2D eigenvalue weighted by molar-refractivity contribution is 9.10. The van der Waals surface area contributed by atoms with Gasteiger partial charge in [0.25, 0.3) is 0 Å². The largest absolute Gasteiger partial charge is 0.369 e. The minimum absolute atomic E-state index is 0.0757. The van der Waals surface area contributed by atoms with Crippen LogP contribution in [-0.2, 0) is 0 Å². The Morgan fingerprint density at radius 2 is 1.89 bits per heavy atom. The number of halogens is 1. The minimum atomic E-state index is 0.0757. The molecule has 19 heavy (non-hydrogen) atoms. The first-order valence-electron chi connectivity index (χ1n) is 6.90. The molecule has 1 aromatic carbocycles. The first kappa shape index (κ1) is 16.5. The van der Waals surface area contributed by atoms with E-state index in [4.69, 9.17) is 5.73 Å². The number of likely N-dealkylation sites (N-methyl/N-ethyl adjacent to an activating group) is 1. The predicted molar refractivity (Wildman–Crippen MR) is 87.8 cm³/mol. The van der Waals surface area contributed by atoms with Crippen LogP contribution < -0.4 is 10.6 Å². The number of hydrogen-bond donors (Lipinski definition) is 1. The first-order valence-corrected chi connectivity index (χ1v) is 7.69. The van der Waals surface area contributed by atoms with Crippen molar-refractivity contribution in [2.45, 2.75) is 26.3 Å². The standard InChI is InChI=1S/C15H26BrN3/c1-5-8-19(10-9-18(3)4)15-7-6-13(12(2)17)11-14(15)16/h6-7,11-12H,5,8-10,17H2,1-4H3. The molecule has 0 radical (unpaired) electrons. The Kier molecular flexibility index (Phi) is 6.83. The lowest BCUT2D eigenvalue weighted by Crippen LogP contribution is -2.32. The summed E-state index contributed by atoms with van der Waals surface area (Å²) < 4.78 is 1.13. The SMILES string of the molecule is CCCN(CCN(C)C)c1ccc(C(C)N)cc1Br. The van der Waals surface area contributed by atoms with Gasteiger partial charge in [-0.2, -0.15) is 0 Å². The molecule has 2 N–H and O–H groups in total. The number of hydrogen-bond acceptors (Lipinski definition) is 3. The molecular weight excluding hydrogens is 302 g/mol. The second kappa shape index (κ2) is 7.88. The van der Waals surface area contributed by atoms with Gasteiger partial charge in [0.2, 0.25) is 0 Å². The van der Waals surface area contributed by atoms with E-state index in [2.05, 4.69) is 64.9 Å². The van der Waals surface area contributed by atoms with Crippen LogP contribution in [0.25, 0.3) is 0 Å². The Labute approximate surface area is 125 Å². The van der Waals surface area contributed by atoms with Gasteiger partial charge in [0.1, 0.15) is 0 Å². The number of rotatable bonds is 7. The molecule has 1 atom stereocenters. The van der Waals surface area contributed by atoms with Crippen molar-refractivity contribution >= 4 is 21.6 Å². The van der Waals surface area contributed by atoms with Crippen molar-refractivity contribution in [3.63, 3.8) is 0 Å². The summed E-state index contributed by atoms with van der Waals surface area (Å²) >= 11 is 3.68. The van der Waals surface area contributed by atoms with E-state index in [1.165, 1.54) is 11.3 Å². The summed E-state index contributed by atoms with van der Waals surface area (Å²) in [7, 11) is 4.22. The van der Waals surface area contributed by atoms with Gasteiger partial charge >= 0.3 is 0 Å². The Morgan fingerprint density at radius 3 is 2.37 bits per heavy atom. The van der Waals surface area contributed by atoms with E-state index in [1.807, 2.05) is 6.92 Å². The van der Waals surface area contributed by atoms with E-state index >= 15 is 0 Å². The molecule has 108 valence electrons. The van der Waals surface area contributed by atoms with Crippen molar-refractivity contribution < 1.29 is 0 Å². The lowest BCUT2D eigenvalue weighted by molar-refractivity contribution is 0.413. The van der Waals surface area contributed by atoms with E-state index in [-0.39, 0.29) is 6.04 Å². The molecule has 1 aromatic rings. The van der Waals surface area contributed by atoms with E-state index in [9.17, 15) is 0 Å². The molecule has 0 saturated carbocycles. The van der Waals surface area contributed by atoms with Gasteiger partial charge in [-0.15, -0.1) is 0 Å². The van der Waals surface area contributed by atoms with E-state index in [0.717, 1.165) is 30.5 Å². The second-order valence-electron chi connectivity index (χ2n) is 5.29. The summed E-state index contributed by atoms with van der Waals surface area (Å²) in [6.45, 7) is 7.40. The van der Waals surface area contributed by atoms with Gasteiger partial charge in [-0.25, -0.2) is 0 Å². The maximum absolute atomic E-state index is 5.92. The first-order chi connectivity index (χ1) is 8.95. The van der Waals surface area contributed by atoms with Gasteiger partial charge in [-0.05, 0) is 61.1 Å². The molecular formula is C15H26BrN3. The molecule has 0 saturated heterocycles. The molecule has 1 rings (SSSR count). The second-order valence-corrected chi connectivity index (χ2v) is 6.14. The molecule has 0 aliphatic heterocycles. The van der Waals surface area contributed by atoms with E-state index < -0.39 is 0 Å². The van der Waals surface area contributed by atoms with Crippen LogP contribution in [0.5, 0.6) is 0 Å². The summed E-state index contributed by atoms with van der Waals surface area (Å²) in [5.74, 6) is 0.